The average molecular weight is 456 g/mol. The van der Waals surface area contributed by atoms with Gasteiger partial charge in [0.15, 0.2) is 0 Å². The Kier molecular flexibility index (Phi) is 3.93. The van der Waals surface area contributed by atoms with Crippen LogP contribution < -0.4 is 10.2 Å². The molecule has 8 heteroatoms. The van der Waals surface area contributed by atoms with Crippen LogP contribution in [0.5, 0.6) is 0 Å². The number of imide groups is 1. The van der Waals surface area contributed by atoms with Crippen LogP contribution in [0.3, 0.4) is 0 Å². The SMILES string of the molecule is Cc1c(Cl)ccc2c1NC(=O)[C@@]21[C@@H]2C(=O)N(c3cccc(Cl)c3)C(=O)[C@H]2[C@H]2CCCN21. The minimum Gasteiger partial charge on any atom is -0.324 e. The summed E-state index contributed by atoms with van der Waals surface area (Å²) >= 11 is 12.5. The van der Waals surface area contributed by atoms with Gasteiger partial charge in [-0.2, -0.15) is 0 Å². The monoisotopic (exact) mass is 455 g/mol. The van der Waals surface area contributed by atoms with Gasteiger partial charge in [0.2, 0.25) is 17.7 Å². The molecule has 0 aliphatic carbocycles. The highest BCUT2D eigenvalue weighted by Gasteiger charge is 2.74. The molecule has 3 amide bonds. The Morgan fingerprint density at radius 1 is 1.10 bits per heavy atom. The maximum absolute atomic E-state index is 13.8. The normalized spacial score (nSPS) is 31.4. The fraction of sp³-hybridized carbons (Fsp3) is 0.348. The first kappa shape index (κ1) is 19.3. The number of amides is 3. The van der Waals surface area contributed by atoms with Gasteiger partial charge in [0, 0.05) is 21.7 Å². The van der Waals surface area contributed by atoms with E-state index in [-0.39, 0.29) is 23.8 Å². The van der Waals surface area contributed by atoms with Crippen molar-refractivity contribution in [2.75, 3.05) is 16.8 Å². The molecule has 3 fully saturated rings. The van der Waals surface area contributed by atoms with Crippen LogP contribution in [0.25, 0.3) is 0 Å². The summed E-state index contributed by atoms with van der Waals surface area (Å²) < 4.78 is 0. The lowest BCUT2D eigenvalue weighted by molar-refractivity contribution is -0.135. The van der Waals surface area contributed by atoms with Crippen molar-refractivity contribution >= 4 is 52.3 Å². The summed E-state index contributed by atoms with van der Waals surface area (Å²) in [5, 5.41) is 4.00. The van der Waals surface area contributed by atoms with E-state index in [1.165, 1.54) is 4.90 Å². The molecule has 4 atom stereocenters. The van der Waals surface area contributed by atoms with Crippen molar-refractivity contribution in [3.05, 3.63) is 57.6 Å². The molecule has 0 saturated carbocycles. The van der Waals surface area contributed by atoms with Gasteiger partial charge in [-0.1, -0.05) is 35.3 Å². The molecule has 0 bridgehead atoms. The second-order valence-corrected chi connectivity index (χ2v) is 9.56. The number of fused-ring (bicyclic) bond motifs is 7. The summed E-state index contributed by atoms with van der Waals surface area (Å²) in [7, 11) is 0. The molecule has 2 aromatic carbocycles. The quantitative estimate of drug-likeness (QED) is 0.665. The number of carbonyl (C=O) groups excluding carboxylic acids is 3. The molecule has 0 unspecified atom stereocenters. The highest BCUT2D eigenvalue weighted by molar-refractivity contribution is 6.33. The fourth-order valence-electron chi connectivity index (χ4n) is 6.26. The molecule has 4 aliphatic rings. The van der Waals surface area contributed by atoms with Crippen LogP contribution in [0.1, 0.15) is 24.0 Å². The second kappa shape index (κ2) is 6.31. The molecule has 31 heavy (non-hydrogen) atoms. The standard InChI is InChI=1S/C23H19Cl2N3O3/c1-11-15(25)8-7-14-19(11)26-22(31)23(14)18-17(16-6-3-9-27(16)23)20(29)28(21(18)30)13-5-2-4-12(24)10-13/h2,4-5,7-8,10,16-18H,3,6,9H2,1H3,(H,26,31)/t16-,17+,18+,23+/m1/s1. The van der Waals surface area contributed by atoms with Gasteiger partial charge in [0.05, 0.1) is 23.2 Å². The predicted molar refractivity (Wildman–Crippen MR) is 117 cm³/mol. The van der Waals surface area contributed by atoms with E-state index in [0.717, 1.165) is 24.0 Å². The first-order valence-corrected chi connectivity index (χ1v) is 11.1. The van der Waals surface area contributed by atoms with Crippen molar-refractivity contribution in [1.82, 2.24) is 4.90 Å². The first-order valence-electron chi connectivity index (χ1n) is 10.4. The number of anilines is 2. The third-order valence-corrected chi connectivity index (χ3v) is 8.07. The lowest BCUT2D eigenvalue weighted by Gasteiger charge is -2.36. The zero-order valence-corrected chi connectivity index (χ0v) is 18.2. The van der Waals surface area contributed by atoms with Crippen LogP contribution in [0.2, 0.25) is 10.0 Å². The summed E-state index contributed by atoms with van der Waals surface area (Å²) in [6, 6.07) is 10.2. The lowest BCUT2D eigenvalue weighted by Crippen LogP contribution is -2.54. The Morgan fingerprint density at radius 3 is 2.68 bits per heavy atom. The van der Waals surface area contributed by atoms with Gasteiger partial charge in [-0.3, -0.25) is 19.3 Å². The topological polar surface area (TPSA) is 69.7 Å². The summed E-state index contributed by atoms with van der Waals surface area (Å²) in [5.74, 6) is -2.20. The van der Waals surface area contributed by atoms with E-state index in [1.807, 2.05) is 13.0 Å². The fourth-order valence-corrected chi connectivity index (χ4v) is 6.60. The summed E-state index contributed by atoms with van der Waals surface area (Å²) in [4.78, 5) is 44.4. The molecule has 158 valence electrons. The molecule has 4 aliphatic heterocycles. The number of hydrogen-bond acceptors (Lipinski definition) is 4. The van der Waals surface area contributed by atoms with E-state index in [2.05, 4.69) is 10.2 Å². The minimum absolute atomic E-state index is 0.154. The molecule has 0 aromatic heterocycles. The van der Waals surface area contributed by atoms with Gasteiger partial charge in [0.25, 0.3) is 0 Å². The number of halogens is 2. The zero-order valence-electron chi connectivity index (χ0n) is 16.7. The third kappa shape index (κ3) is 2.20. The molecular weight excluding hydrogens is 437 g/mol. The molecule has 2 aromatic rings. The number of carbonyl (C=O) groups is 3. The van der Waals surface area contributed by atoms with Gasteiger partial charge >= 0.3 is 0 Å². The highest BCUT2D eigenvalue weighted by atomic mass is 35.5. The Balaban J connectivity index is 1.57. The van der Waals surface area contributed by atoms with E-state index in [4.69, 9.17) is 23.2 Å². The largest absolute Gasteiger partial charge is 0.324 e. The molecule has 1 N–H and O–H groups in total. The van der Waals surface area contributed by atoms with Gasteiger partial charge in [-0.05, 0) is 56.1 Å². The molecule has 6 nitrogen and oxygen atoms in total. The van der Waals surface area contributed by atoms with Crippen LogP contribution >= 0.6 is 23.2 Å². The first-order chi connectivity index (χ1) is 14.9. The van der Waals surface area contributed by atoms with Crippen LogP contribution in [-0.4, -0.2) is 35.2 Å². The molecule has 0 radical (unpaired) electrons. The van der Waals surface area contributed by atoms with E-state index in [9.17, 15) is 14.4 Å². The van der Waals surface area contributed by atoms with Crippen LogP contribution in [0.4, 0.5) is 11.4 Å². The van der Waals surface area contributed by atoms with E-state index in [1.54, 1.807) is 30.3 Å². The number of nitrogens with zero attached hydrogens (tertiary/aromatic N) is 2. The lowest BCUT2D eigenvalue weighted by atomic mass is 9.75. The van der Waals surface area contributed by atoms with E-state index in [0.29, 0.717) is 28.0 Å². The number of benzene rings is 2. The predicted octanol–water partition coefficient (Wildman–Crippen LogP) is 3.73. The maximum atomic E-state index is 13.8. The van der Waals surface area contributed by atoms with Crippen molar-refractivity contribution in [3.8, 4) is 0 Å². The van der Waals surface area contributed by atoms with Gasteiger partial charge < -0.3 is 5.32 Å². The van der Waals surface area contributed by atoms with Gasteiger partial charge in [-0.15, -0.1) is 0 Å². The smallest absolute Gasteiger partial charge is 0.250 e. The maximum Gasteiger partial charge on any atom is 0.250 e. The van der Waals surface area contributed by atoms with Crippen molar-refractivity contribution < 1.29 is 14.4 Å². The Hall–Kier alpha value is -2.41. The van der Waals surface area contributed by atoms with Crippen molar-refractivity contribution in [2.24, 2.45) is 11.8 Å². The Bertz CT molecular complexity index is 1200. The third-order valence-electron chi connectivity index (χ3n) is 7.43. The van der Waals surface area contributed by atoms with Crippen molar-refractivity contribution in [3.63, 3.8) is 0 Å². The zero-order chi connectivity index (χ0) is 21.7. The minimum atomic E-state index is -1.20. The average Bonchev–Trinajstić information content (AvgIpc) is 3.43. The summed E-state index contributed by atoms with van der Waals surface area (Å²) in [5.41, 5.74) is 1.42. The van der Waals surface area contributed by atoms with Crippen molar-refractivity contribution in [1.29, 1.82) is 0 Å². The van der Waals surface area contributed by atoms with Crippen LogP contribution in [-0.2, 0) is 19.9 Å². The summed E-state index contributed by atoms with van der Waals surface area (Å²) in [6.07, 6.45) is 1.66. The van der Waals surface area contributed by atoms with Gasteiger partial charge in [0.1, 0.15) is 5.54 Å². The second-order valence-electron chi connectivity index (χ2n) is 8.71. The summed E-state index contributed by atoms with van der Waals surface area (Å²) in [6.45, 7) is 2.53. The van der Waals surface area contributed by atoms with Gasteiger partial charge in [-0.25, -0.2) is 4.90 Å². The van der Waals surface area contributed by atoms with Crippen LogP contribution in [0, 0.1) is 18.8 Å². The highest BCUT2D eigenvalue weighted by Crippen LogP contribution is 2.61. The number of nitrogens with one attached hydrogen (secondary N) is 1. The van der Waals surface area contributed by atoms with E-state index < -0.39 is 17.4 Å². The molecule has 3 saturated heterocycles. The number of rotatable bonds is 1. The molecule has 4 heterocycles. The van der Waals surface area contributed by atoms with E-state index >= 15 is 0 Å². The molecular formula is C23H19Cl2N3O3. The Labute approximate surface area is 189 Å². The number of hydrogen-bond donors (Lipinski definition) is 1. The Morgan fingerprint density at radius 2 is 1.90 bits per heavy atom. The molecule has 6 rings (SSSR count). The van der Waals surface area contributed by atoms with Crippen LogP contribution in [0.15, 0.2) is 36.4 Å². The van der Waals surface area contributed by atoms with Crippen molar-refractivity contribution in [2.45, 2.75) is 31.3 Å². The molecule has 1 spiro atoms.